The third-order valence-electron chi connectivity index (χ3n) is 5.33. The first-order chi connectivity index (χ1) is 14.0. The van der Waals surface area contributed by atoms with Gasteiger partial charge in [-0.1, -0.05) is 12.1 Å². The number of fused-ring (bicyclic) bond motifs is 1. The molecule has 29 heavy (non-hydrogen) atoms. The zero-order valence-corrected chi connectivity index (χ0v) is 16.8. The SMILES string of the molecule is CN(C)CCN1CCN(c2cc(-c3ccc(C(=O)O)cc3)nc3ccnn23)CC1. The first-order valence-electron chi connectivity index (χ1n) is 9.82. The second kappa shape index (κ2) is 8.18. The van der Waals surface area contributed by atoms with Gasteiger partial charge >= 0.3 is 5.97 Å². The minimum Gasteiger partial charge on any atom is -0.478 e. The van der Waals surface area contributed by atoms with Gasteiger partial charge in [0.05, 0.1) is 17.5 Å². The quantitative estimate of drug-likeness (QED) is 0.683. The summed E-state index contributed by atoms with van der Waals surface area (Å²) in [6.45, 7) is 6.04. The van der Waals surface area contributed by atoms with Crippen LogP contribution in [0.2, 0.25) is 0 Å². The monoisotopic (exact) mass is 394 g/mol. The highest BCUT2D eigenvalue weighted by molar-refractivity contribution is 5.88. The summed E-state index contributed by atoms with van der Waals surface area (Å²) in [7, 11) is 4.21. The molecule has 8 heteroatoms. The fourth-order valence-corrected chi connectivity index (χ4v) is 3.60. The lowest BCUT2D eigenvalue weighted by Crippen LogP contribution is -2.48. The van der Waals surface area contributed by atoms with Crippen molar-refractivity contribution in [1.29, 1.82) is 0 Å². The first-order valence-corrected chi connectivity index (χ1v) is 9.82. The lowest BCUT2D eigenvalue weighted by Gasteiger charge is -2.36. The van der Waals surface area contributed by atoms with E-state index in [-0.39, 0.29) is 5.56 Å². The molecule has 8 nitrogen and oxygen atoms in total. The number of piperazine rings is 1. The third-order valence-corrected chi connectivity index (χ3v) is 5.33. The molecule has 4 rings (SSSR count). The van der Waals surface area contributed by atoms with Crippen LogP contribution in [0.4, 0.5) is 5.82 Å². The summed E-state index contributed by atoms with van der Waals surface area (Å²) in [6.07, 6.45) is 1.76. The molecule has 1 fully saturated rings. The predicted molar refractivity (Wildman–Crippen MR) is 113 cm³/mol. The molecule has 0 bridgehead atoms. The molecule has 152 valence electrons. The van der Waals surface area contributed by atoms with Crippen LogP contribution in [0.15, 0.2) is 42.6 Å². The summed E-state index contributed by atoms with van der Waals surface area (Å²) in [5.74, 6) is 0.0909. The molecule has 0 saturated carbocycles. The zero-order chi connectivity index (χ0) is 20.4. The van der Waals surface area contributed by atoms with E-state index in [0.29, 0.717) is 0 Å². The van der Waals surface area contributed by atoms with Crippen molar-refractivity contribution >= 4 is 17.4 Å². The molecular formula is C21H26N6O2. The molecule has 1 saturated heterocycles. The molecule has 2 aromatic heterocycles. The molecule has 0 amide bonds. The van der Waals surface area contributed by atoms with Crippen LogP contribution in [-0.2, 0) is 0 Å². The van der Waals surface area contributed by atoms with Gasteiger partial charge in [0.2, 0.25) is 0 Å². The van der Waals surface area contributed by atoms with Crippen LogP contribution in [0.1, 0.15) is 10.4 Å². The number of hydrogen-bond acceptors (Lipinski definition) is 6. The Balaban J connectivity index is 1.58. The van der Waals surface area contributed by atoms with Crippen LogP contribution in [-0.4, -0.2) is 88.8 Å². The van der Waals surface area contributed by atoms with Crippen molar-refractivity contribution in [3.8, 4) is 11.3 Å². The first kappa shape index (κ1) is 19.4. The maximum atomic E-state index is 11.1. The minimum absolute atomic E-state index is 0.272. The van der Waals surface area contributed by atoms with Crippen molar-refractivity contribution in [3.63, 3.8) is 0 Å². The standard InChI is InChI=1S/C21H26N6O2/c1-24(2)9-10-25-11-13-26(14-12-25)20-15-18(23-19-7-8-22-27(19)20)16-3-5-17(6-4-16)21(28)29/h3-8,15H,9-14H2,1-2H3,(H,28,29). The fourth-order valence-electron chi connectivity index (χ4n) is 3.60. The second-order valence-electron chi connectivity index (χ2n) is 7.62. The van der Waals surface area contributed by atoms with Gasteiger partial charge in [-0.15, -0.1) is 0 Å². The van der Waals surface area contributed by atoms with Crippen molar-refractivity contribution in [3.05, 3.63) is 48.2 Å². The maximum Gasteiger partial charge on any atom is 0.335 e. The second-order valence-corrected chi connectivity index (χ2v) is 7.62. The molecule has 3 heterocycles. The Morgan fingerprint density at radius 3 is 2.48 bits per heavy atom. The van der Waals surface area contributed by atoms with Crippen LogP contribution in [0, 0.1) is 0 Å². The van der Waals surface area contributed by atoms with Crippen molar-refractivity contribution in [2.45, 2.75) is 0 Å². The highest BCUT2D eigenvalue weighted by Crippen LogP contribution is 2.25. The van der Waals surface area contributed by atoms with E-state index >= 15 is 0 Å². The Bertz CT molecular complexity index is 990. The summed E-state index contributed by atoms with van der Waals surface area (Å²) in [5, 5.41) is 13.6. The van der Waals surface area contributed by atoms with Gasteiger partial charge in [0, 0.05) is 57.0 Å². The largest absolute Gasteiger partial charge is 0.478 e. The summed E-state index contributed by atoms with van der Waals surface area (Å²) in [6, 6.07) is 10.8. The number of aromatic nitrogens is 3. The summed E-state index contributed by atoms with van der Waals surface area (Å²) < 4.78 is 1.88. The van der Waals surface area contributed by atoms with Gasteiger partial charge in [0.25, 0.3) is 0 Å². The van der Waals surface area contributed by atoms with Gasteiger partial charge in [-0.2, -0.15) is 9.61 Å². The van der Waals surface area contributed by atoms with E-state index < -0.39 is 5.97 Å². The number of carbonyl (C=O) groups is 1. The Kier molecular flexibility index (Phi) is 5.46. The van der Waals surface area contributed by atoms with E-state index in [1.54, 1.807) is 18.3 Å². The number of likely N-dealkylation sites (N-methyl/N-ethyl adjacent to an activating group) is 1. The molecule has 0 unspecified atom stereocenters. The van der Waals surface area contributed by atoms with Gasteiger partial charge < -0.3 is 14.9 Å². The summed E-state index contributed by atoms with van der Waals surface area (Å²) in [4.78, 5) is 22.9. The van der Waals surface area contributed by atoms with Crippen molar-refractivity contribution in [1.82, 2.24) is 24.4 Å². The molecule has 1 aromatic carbocycles. The highest BCUT2D eigenvalue weighted by Gasteiger charge is 2.20. The van der Waals surface area contributed by atoms with Crippen LogP contribution in [0.5, 0.6) is 0 Å². The van der Waals surface area contributed by atoms with Gasteiger partial charge in [-0.3, -0.25) is 4.90 Å². The topological polar surface area (TPSA) is 77.2 Å². The molecule has 0 atom stereocenters. The lowest BCUT2D eigenvalue weighted by molar-refractivity contribution is 0.0697. The van der Waals surface area contributed by atoms with Crippen molar-refractivity contribution in [2.24, 2.45) is 0 Å². The average molecular weight is 394 g/mol. The van der Waals surface area contributed by atoms with E-state index in [1.165, 1.54) is 0 Å². The molecule has 0 aliphatic carbocycles. The number of nitrogens with zero attached hydrogens (tertiary/aromatic N) is 6. The third kappa shape index (κ3) is 4.23. The number of rotatable bonds is 6. The smallest absolute Gasteiger partial charge is 0.335 e. The van der Waals surface area contributed by atoms with Crippen molar-refractivity contribution < 1.29 is 9.90 Å². The fraction of sp³-hybridized carbons (Fsp3) is 0.381. The van der Waals surface area contributed by atoms with Crippen LogP contribution >= 0.6 is 0 Å². The Labute approximate surface area is 170 Å². The Hall–Kier alpha value is -2.97. The molecule has 0 spiro atoms. The zero-order valence-electron chi connectivity index (χ0n) is 16.8. The molecular weight excluding hydrogens is 368 g/mol. The van der Waals surface area contributed by atoms with Crippen LogP contribution in [0.25, 0.3) is 16.9 Å². The highest BCUT2D eigenvalue weighted by atomic mass is 16.4. The van der Waals surface area contributed by atoms with Crippen LogP contribution < -0.4 is 4.90 Å². The van der Waals surface area contributed by atoms with Crippen LogP contribution in [0.3, 0.4) is 0 Å². The Morgan fingerprint density at radius 2 is 1.83 bits per heavy atom. The van der Waals surface area contributed by atoms with E-state index in [9.17, 15) is 4.79 Å². The number of carboxylic acid groups (broad SMARTS) is 1. The minimum atomic E-state index is -0.927. The normalized spacial score (nSPS) is 15.3. The molecule has 0 radical (unpaired) electrons. The Morgan fingerprint density at radius 1 is 1.10 bits per heavy atom. The van der Waals surface area contributed by atoms with E-state index in [0.717, 1.165) is 62.0 Å². The molecule has 1 aliphatic heterocycles. The summed E-state index contributed by atoms with van der Waals surface area (Å²) in [5.41, 5.74) is 2.77. The molecule has 1 N–H and O–H groups in total. The summed E-state index contributed by atoms with van der Waals surface area (Å²) >= 11 is 0. The van der Waals surface area contributed by atoms with Gasteiger partial charge in [-0.25, -0.2) is 9.78 Å². The molecule has 1 aliphatic rings. The molecule has 3 aromatic rings. The van der Waals surface area contributed by atoms with Gasteiger partial charge in [0.1, 0.15) is 5.82 Å². The number of hydrogen-bond donors (Lipinski definition) is 1. The number of anilines is 1. The number of carboxylic acids is 1. The predicted octanol–water partition coefficient (Wildman–Crippen LogP) is 1.78. The average Bonchev–Trinajstić information content (AvgIpc) is 3.21. The van der Waals surface area contributed by atoms with Gasteiger partial charge in [0.15, 0.2) is 5.65 Å². The lowest BCUT2D eigenvalue weighted by atomic mass is 10.1. The van der Waals surface area contributed by atoms with Gasteiger partial charge in [-0.05, 0) is 26.2 Å². The van der Waals surface area contributed by atoms with E-state index in [2.05, 4.69) is 33.9 Å². The number of aromatic carboxylic acids is 1. The van der Waals surface area contributed by atoms with Crippen molar-refractivity contribution in [2.75, 3.05) is 58.3 Å². The van der Waals surface area contributed by atoms with E-state index in [4.69, 9.17) is 10.1 Å². The van der Waals surface area contributed by atoms with E-state index in [1.807, 2.05) is 28.8 Å². The number of benzene rings is 1. The maximum absolute atomic E-state index is 11.1.